The highest BCUT2D eigenvalue weighted by Crippen LogP contribution is 2.49. The van der Waals surface area contributed by atoms with E-state index in [1.807, 2.05) is 0 Å². The summed E-state index contributed by atoms with van der Waals surface area (Å²) in [7, 11) is 0. The third-order valence-corrected chi connectivity index (χ3v) is 3.25. The van der Waals surface area contributed by atoms with Gasteiger partial charge in [-0.3, -0.25) is 0 Å². The molecule has 1 saturated carbocycles. The summed E-state index contributed by atoms with van der Waals surface area (Å²) in [4.78, 5) is 0. The standard InChI is InChI=1S/C9H17NS/c1-6(4-10-5-11)9-7(2)8(9)3/h5-9H,4H2,1-3H3,(H,10,11)/t6?,7-,8?,9?/m1/s1. The second kappa shape index (κ2) is 3.53. The van der Waals surface area contributed by atoms with Crippen LogP contribution in [0.4, 0.5) is 0 Å². The summed E-state index contributed by atoms with van der Waals surface area (Å²) in [5, 5.41) is 3.10. The van der Waals surface area contributed by atoms with Crippen molar-refractivity contribution in [1.29, 1.82) is 0 Å². The van der Waals surface area contributed by atoms with Crippen molar-refractivity contribution in [2.45, 2.75) is 20.8 Å². The highest BCUT2D eigenvalue weighted by molar-refractivity contribution is 7.78. The molecule has 1 N–H and O–H groups in total. The zero-order chi connectivity index (χ0) is 8.43. The first kappa shape index (κ1) is 8.98. The third kappa shape index (κ3) is 1.92. The van der Waals surface area contributed by atoms with Gasteiger partial charge in [-0.15, -0.1) is 0 Å². The molecule has 11 heavy (non-hydrogen) atoms. The molecular weight excluding hydrogens is 154 g/mol. The summed E-state index contributed by atoms with van der Waals surface area (Å²) < 4.78 is 0. The van der Waals surface area contributed by atoms with E-state index in [4.69, 9.17) is 12.2 Å². The predicted octanol–water partition coefficient (Wildman–Crippen LogP) is 2.07. The van der Waals surface area contributed by atoms with Crippen LogP contribution in [0.1, 0.15) is 20.8 Å². The lowest BCUT2D eigenvalue weighted by molar-refractivity contribution is 0.465. The largest absolute Gasteiger partial charge is 0.382 e. The number of hydrogen-bond acceptors (Lipinski definition) is 1. The molecule has 0 aromatic carbocycles. The Morgan fingerprint density at radius 3 is 2.36 bits per heavy atom. The van der Waals surface area contributed by atoms with Crippen LogP contribution in [0.5, 0.6) is 0 Å². The molecule has 1 aliphatic rings. The maximum absolute atomic E-state index is 4.70. The van der Waals surface area contributed by atoms with Gasteiger partial charge in [0.05, 0.1) is 5.49 Å². The molecule has 3 unspecified atom stereocenters. The fourth-order valence-corrected chi connectivity index (χ4v) is 2.20. The van der Waals surface area contributed by atoms with Gasteiger partial charge >= 0.3 is 0 Å². The molecule has 0 amide bonds. The summed E-state index contributed by atoms with van der Waals surface area (Å²) in [6.07, 6.45) is 0. The van der Waals surface area contributed by atoms with Crippen molar-refractivity contribution in [3.8, 4) is 0 Å². The minimum atomic E-state index is 0.777. The van der Waals surface area contributed by atoms with Crippen LogP contribution in [0.25, 0.3) is 0 Å². The molecule has 0 heterocycles. The maximum atomic E-state index is 4.70. The summed E-state index contributed by atoms with van der Waals surface area (Å²) in [6.45, 7) is 8.02. The van der Waals surface area contributed by atoms with Gasteiger partial charge in [0.1, 0.15) is 0 Å². The lowest BCUT2D eigenvalue weighted by Crippen LogP contribution is -2.20. The quantitative estimate of drug-likeness (QED) is 0.650. The fourth-order valence-electron chi connectivity index (χ4n) is 2.11. The predicted molar refractivity (Wildman–Crippen MR) is 52.6 cm³/mol. The van der Waals surface area contributed by atoms with E-state index >= 15 is 0 Å². The third-order valence-electron chi connectivity index (χ3n) is 3.08. The molecule has 2 heteroatoms. The van der Waals surface area contributed by atoms with E-state index in [0.29, 0.717) is 0 Å². The number of rotatable bonds is 4. The van der Waals surface area contributed by atoms with Crippen LogP contribution in [0, 0.1) is 23.7 Å². The molecule has 1 fully saturated rings. The normalized spacial score (nSPS) is 37.9. The van der Waals surface area contributed by atoms with E-state index in [2.05, 4.69) is 26.1 Å². The minimum absolute atomic E-state index is 0.777. The summed E-state index contributed by atoms with van der Waals surface area (Å²) >= 11 is 4.70. The van der Waals surface area contributed by atoms with Crippen molar-refractivity contribution >= 4 is 17.7 Å². The molecule has 0 aliphatic heterocycles. The molecule has 64 valence electrons. The van der Waals surface area contributed by atoms with E-state index in [0.717, 1.165) is 30.2 Å². The van der Waals surface area contributed by atoms with E-state index < -0.39 is 0 Å². The van der Waals surface area contributed by atoms with Gasteiger partial charge in [0, 0.05) is 6.54 Å². The summed E-state index contributed by atoms with van der Waals surface area (Å²) in [6, 6.07) is 0. The highest BCUT2D eigenvalue weighted by atomic mass is 32.1. The van der Waals surface area contributed by atoms with E-state index in [1.165, 1.54) is 0 Å². The number of nitrogens with one attached hydrogen (secondary N) is 1. The average molecular weight is 171 g/mol. The van der Waals surface area contributed by atoms with Gasteiger partial charge in [-0.05, 0) is 23.7 Å². The minimum Gasteiger partial charge on any atom is -0.382 e. The lowest BCUT2D eigenvalue weighted by atomic mass is 10.0. The molecule has 4 atom stereocenters. The Morgan fingerprint density at radius 1 is 1.45 bits per heavy atom. The molecule has 1 nitrogen and oxygen atoms in total. The van der Waals surface area contributed by atoms with Gasteiger partial charge in [0.15, 0.2) is 0 Å². The molecule has 0 aromatic rings. The Labute approximate surface area is 74.6 Å². The average Bonchev–Trinajstić information content (AvgIpc) is 2.56. The van der Waals surface area contributed by atoms with Crippen molar-refractivity contribution in [3.05, 3.63) is 0 Å². The number of thiocarbonyl (C=S) groups is 1. The van der Waals surface area contributed by atoms with E-state index in [9.17, 15) is 0 Å². The van der Waals surface area contributed by atoms with Crippen molar-refractivity contribution in [1.82, 2.24) is 5.32 Å². The van der Waals surface area contributed by atoms with Crippen molar-refractivity contribution in [3.63, 3.8) is 0 Å². The van der Waals surface area contributed by atoms with Gasteiger partial charge in [-0.25, -0.2) is 0 Å². The second-order valence-corrected chi connectivity index (χ2v) is 4.03. The Hall–Kier alpha value is -0.110. The first-order chi connectivity index (χ1) is 5.18. The first-order valence-corrected chi connectivity index (χ1v) is 4.82. The molecular formula is C9H17NS. The Morgan fingerprint density at radius 2 is 2.00 bits per heavy atom. The Kier molecular flexibility index (Phi) is 2.88. The zero-order valence-corrected chi connectivity index (χ0v) is 8.32. The van der Waals surface area contributed by atoms with Crippen LogP contribution >= 0.6 is 12.2 Å². The van der Waals surface area contributed by atoms with Gasteiger partial charge in [0.25, 0.3) is 0 Å². The summed E-state index contributed by atoms with van der Waals surface area (Å²) in [5.74, 6) is 3.56. The van der Waals surface area contributed by atoms with Crippen LogP contribution in [0.2, 0.25) is 0 Å². The SMILES string of the molecule is CC(CNC=S)C1C(C)[C@H]1C. The van der Waals surface area contributed by atoms with Crippen LogP contribution in [-0.2, 0) is 0 Å². The molecule has 1 aliphatic carbocycles. The van der Waals surface area contributed by atoms with E-state index in [-0.39, 0.29) is 0 Å². The maximum Gasteiger partial charge on any atom is 0.0614 e. The summed E-state index contributed by atoms with van der Waals surface area (Å²) in [5.41, 5.74) is 1.62. The van der Waals surface area contributed by atoms with Crippen LogP contribution < -0.4 is 5.32 Å². The van der Waals surface area contributed by atoms with Gasteiger partial charge in [-0.2, -0.15) is 0 Å². The van der Waals surface area contributed by atoms with Crippen LogP contribution in [0.3, 0.4) is 0 Å². The van der Waals surface area contributed by atoms with Crippen LogP contribution in [0.15, 0.2) is 0 Å². The first-order valence-electron chi connectivity index (χ1n) is 4.35. The van der Waals surface area contributed by atoms with Crippen molar-refractivity contribution < 1.29 is 0 Å². The smallest absolute Gasteiger partial charge is 0.0614 e. The monoisotopic (exact) mass is 171 g/mol. The van der Waals surface area contributed by atoms with Crippen molar-refractivity contribution in [2.24, 2.45) is 23.7 Å². The Bertz CT molecular complexity index is 138. The molecule has 0 radical (unpaired) electrons. The van der Waals surface area contributed by atoms with Gasteiger partial charge < -0.3 is 5.32 Å². The number of hydrogen-bond donors (Lipinski definition) is 1. The van der Waals surface area contributed by atoms with Crippen LogP contribution in [-0.4, -0.2) is 12.0 Å². The van der Waals surface area contributed by atoms with Gasteiger partial charge in [0.2, 0.25) is 0 Å². The topological polar surface area (TPSA) is 12.0 Å². The molecule has 0 spiro atoms. The molecule has 1 rings (SSSR count). The fraction of sp³-hybridized carbons (Fsp3) is 0.889. The molecule has 0 saturated heterocycles. The van der Waals surface area contributed by atoms with Gasteiger partial charge in [-0.1, -0.05) is 33.0 Å². The van der Waals surface area contributed by atoms with E-state index in [1.54, 1.807) is 5.49 Å². The second-order valence-electron chi connectivity index (χ2n) is 3.80. The molecule has 0 aromatic heterocycles. The highest BCUT2D eigenvalue weighted by Gasteiger charge is 2.45. The van der Waals surface area contributed by atoms with Crippen molar-refractivity contribution in [2.75, 3.05) is 6.54 Å². The Balaban J connectivity index is 2.21. The lowest BCUT2D eigenvalue weighted by Gasteiger charge is -2.09. The zero-order valence-electron chi connectivity index (χ0n) is 7.50. The molecule has 0 bridgehead atoms.